The fourth-order valence-corrected chi connectivity index (χ4v) is 2.57. The Morgan fingerprint density at radius 2 is 2.00 bits per heavy atom. The molecule has 0 aliphatic rings. The van der Waals surface area contributed by atoms with Crippen LogP contribution in [-0.4, -0.2) is 15.7 Å². The molecular weight excluding hydrogens is 336 g/mol. The first-order valence-electron chi connectivity index (χ1n) is 5.36. The van der Waals surface area contributed by atoms with E-state index in [-0.39, 0.29) is 0 Å². The Balaban J connectivity index is 2.27. The highest BCUT2D eigenvalue weighted by molar-refractivity contribution is 9.10. The molecule has 0 fully saturated rings. The van der Waals surface area contributed by atoms with Gasteiger partial charge in [-0.2, -0.15) is 8.78 Å². The number of halogens is 3. The largest absolute Gasteiger partial charge is 0.339 e. The standard InChI is InChI=1S/C12H10BrF2N3S/c1-7-16-10(13)6-11(17-7)18-8-4-2-3-5-9(8)19-12(14)15/h2-6,12H,1H3,(H,16,17,18). The van der Waals surface area contributed by atoms with Crippen LogP contribution in [0.2, 0.25) is 0 Å². The van der Waals surface area contributed by atoms with Crippen LogP contribution in [0.25, 0.3) is 0 Å². The van der Waals surface area contributed by atoms with E-state index in [9.17, 15) is 8.78 Å². The number of thioether (sulfide) groups is 1. The number of alkyl halides is 2. The third-order valence-electron chi connectivity index (χ3n) is 2.17. The quantitative estimate of drug-likeness (QED) is 0.648. The number of para-hydroxylation sites is 1. The minimum absolute atomic E-state index is 0.477. The van der Waals surface area contributed by atoms with Gasteiger partial charge in [0.15, 0.2) is 0 Å². The summed E-state index contributed by atoms with van der Waals surface area (Å²) in [6.45, 7) is 1.76. The minimum atomic E-state index is -2.46. The normalized spacial score (nSPS) is 10.8. The van der Waals surface area contributed by atoms with Crippen molar-refractivity contribution in [3.8, 4) is 0 Å². The van der Waals surface area contributed by atoms with Gasteiger partial charge in [-0.1, -0.05) is 23.9 Å². The van der Waals surface area contributed by atoms with Gasteiger partial charge in [0, 0.05) is 11.0 Å². The Morgan fingerprint density at radius 1 is 1.26 bits per heavy atom. The molecule has 0 atom stereocenters. The summed E-state index contributed by atoms with van der Waals surface area (Å²) < 4.78 is 25.6. The number of nitrogens with one attached hydrogen (secondary N) is 1. The second-order valence-corrected chi connectivity index (χ2v) is 5.47. The Labute approximate surface area is 122 Å². The predicted molar refractivity (Wildman–Crippen MR) is 76.1 cm³/mol. The first kappa shape index (κ1) is 14.2. The molecule has 0 aliphatic carbocycles. The van der Waals surface area contributed by atoms with Crippen molar-refractivity contribution in [3.63, 3.8) is 0 Å². The van der Waals surface area contributed by atoms with E-state index in [2.05, 4.69) is 31.2 Å². The number of aromatic nitrogens is 2. The Morgan fingerprint density at radius 3 is 2.68 bits per heavy atom. The Bertz CT molecular complexity index is 560. The number of aryl methyl sites for hydroxylation is 1. The van der Waals surface area contributed by atoms with Crippen LogP contribution in [0.4, 0.5) is 20.3 Å². The van der Waals surface area contributed by atoms with Crippen molar-refractivity contribution in [2.24, 2.45) is 0 Å². The van der Waals surface area contributed by atoms with Crippen LogP contribution in [-0.2, 0) is 0 Å². The third-order valence-corrected chi connectivity index (χ3v) is 3.37. The van der Waals surface area contributed by atoms with E-state index < -0.39 is 5.76 Å². The molecule has 1 N–H and O–H groups in total. The van der Waals surface area contributed by atoms with Gasteiger partial charge >= 0.3 is 0 Å². The number of nitrogens with zero attached hydrogens (tertiary/aromatic N) is 2. The minimum Gasteiger partial charge on any atom is -0.339 e. The van der Waals surface area contributed by atoms with Crippen molar-refractivity contribution in [2.75, 3.05) is 5.32 Å². The fraction of sp³-hybridized carbons (Fsp3) is 0.167. The molecule has 19 heavy (non-hydrogen) atoms. The first-order chi connectivity index (χ1) is 9.04. The van der Waals surface area contributed by atoms with Crippen LogP contribution in [0.1, 0.15) is 5.82 Å². The van der Waals surface area contributed by atoms with Gasteiger partial charge in [0.1, 0.15) is 16.2 Å². The van der Waals surface area contributed by atoms with Crippen molar-refractivity contribution in [1.29, 1.82) is 0 Å². The molecule has 0 spiro atoms. The second-order valence-electron chi connectivity index (χ2n) is 3.62. The van der Waals surface area contributed by atoms with Gasteiger partial charge in [0.05, 0.1) is 5.69 Å². The van der Waals surface area contributed by atoms with E-state index in [1.165, 1.54) is 0 Å². The molecule has 0 bridgehead atoms. The maximum Gasteiger partial charge on any atom is 0.288 e. The van der Waals surface area contributed by atoms with Gasteiger partial charge in [-0.15, -0.1) is 0 Å². The molecular formula is C12H10BrF2N3S. The Hall–Kier alpha value is -1.21. The van der Waals surface area contributed by atoms with Crippen LogP contribution in [0.15, 0.2) is 39.8 Å². The van der Waals surface area contributed by atoms with Crippen molar-refractivity contribution >= 4 is 39.2 Å². The molecule has 1 aromatic carbocycles. The first-order valence-corrected chi connectivity index (χ1v) is 7.04. The summed E-state index contributed by atoms with van der Waals surface area (Å²) in [6.07, 6.45) is 0. The summed E-state index contributed by atoms with van der Waals surface area (Å²) in [5, 5.41) is 3.02. The highest BCUT2D eigenvalue weighted by Crippen LogP contribution is 2.33. The van der Waals surface area contributed by atoms with Crippen molar-refractivity contribution in [3.05, 3.63) is 40.8 Å². The molecule has 7 heteroatoms. The summed E-state index contributed by atoms with van der Waals surface area (Å²) in [4.78, 5) is 8.76. The lowest BCUT2D eigenvalue weighted by Crippen LogP contribution is -1.99. The van der Waals surface area contributed by atoms with Gasteiger partial charge in [0.25, 0.3) is 5.76 Å². The Kier molecular flexibility index (Phi) is 4.71. The molecule has 100 valence electrons. The molecule has 0 radical (unpaired) electrons. The van der Waals surface area contributed by atoms with Crippen molar-refractivity contribution in [1.82, 2.24) is 9.97 Å². The molecule has 1 heterocycles. The maximum absolute atomic E-state index is 12.5. The smallest absolute Gasteiger partial charge is 0.288 e. The highest BCUT2D eigenvalue weighted by atomic mass is 79.9. The van der Waals surface area contributed by atoms with Gasteiger partial charge < -0.3 is 5.32 Å². The summed E-state index contributed by atoms with van der Waals surface area (Å²) in [7, 11) is 0. The zero-order valence-electron chi connectivity index (χ0n) is 9.90. The van der Waals surface area contributed by atoms with Crippen LogP contribution in [0.3, 0.4) is 0 Å². The lowest BCUT2D eigenvalue weighted by Gasteiger charge is -2.11. The molecule has 1 aromatic heterocycles. The average Bonchev–Trinajstić information content (AvgIpc) is 2.29. The molecule has 2 rings (SSSR count). The molecule has 0 amide bonds. The molecule has 0 aliphatic heterocycles. The van der Waals surface area contributed by atoms with Crippen LogP contribution in [0, 0.1) is 6.92 Å². The van der Waals surface area contributed by atoms with Crippen molar-refractivity contribution < 1.29 is 8.78 Å². The van der Waals surface area contributed by atoms with Crippen molar-refractivity contribution in [2.45, 2.75) is 17.6 Å². The van der Waals surface area contributed by atoms with E-state index in [1.54, 1.807) is 37.3 Å². The zero-order valence-corrected chi connectivity index (χ0v) is 12.3. The fourth-order valence-electron chi connectivity index (χ4n) is 1.50. The summed E-state index contributed by atoms with van der Waals surface area (Å²) in [6, 6.07) is 8.56. The molecule has 0 saturated carbocycles. The highest BCUT2D eigenvalue weighted by Gasteiger charge is 2.10. The number of anilines is 2. The van der Waals surface area contributed by atoms with E-state index in [4.69, 9.17) is 0 Å². The summed E-state index contributed by atoms with van der Waals surface area (Å²) in [5.74, 6) is -1.31. The number of benzene rings is 1. The van der Waals surface area contributed by atoms with Gasteiger partial charge in [-0.25, -0.2) is 9.97 Å². The van der Waals surface area contributed by atoms with Crippen LogP contribution >= 0.6 is 27.7 Å². The lowest BCUT2D eigenvalue weighted by molar-refractivity contribution is 0.252. The zero-order chi connectivity index (χ0) is 13.8. The monoisotopic (exact) mass is 345 g/mol. The average molecular weight is 346 g/mol. The van der Waals surface area contributed by atoms with E-state index in [1.807, 2.05) is 0 Å². The molecule has 0 unspecified atom stereocenters. The molecule has 3 nitrogen and oxygen atoms in total. The lowest BCUT2D eigenvalue weighted by atomic mass is 10.3. The van der Waals surface area contributed by atoms with Crippen LogP contribution < -0.4 is 5.32 Å². The van der Waals surface area contributed by atoms with E-state index in [0.717, 1.165) is 0 Å². The van der Waals surface area contributed by atoms with Gasteiger partial charge in [-0.3, -0.25) is 0 Å². The topological polar surface area (TPSA) is 37.8 Å². The van der Waals surface area contributed by atoms with E-state index >= 15 is 0 Å². The number of hydrogen-bond acceptors (Lipinski definition) is 4. The van der Waals surface area contributed by atoms with Gasteiger partial charge in [0.2, 0.25) is 0 Å². The molecule has 2 aromatic rings. The number of hydrogen-bond donors (Lipinski definition) is 1. The van der Waals surface area contributed by atoms with Crippen LogP contribution in [0.5, 0.6) is 0 Å². The number of rotatable bonds is 4. The summed E-state index contributed by atoms with van der Waals surface area (Å²) in [5.41, 5.74) is 0.595. The predicted octanol–water partition coefficient (Wildman–Crippen LogP) is 4.61. The van der Waals surface area contributed by atoms with E-state index in [0.29, 0.717) is 38.6 Å². The van der Waals surface area contributed by atoms with Gasteiger partial charge in [-0.05, 0) is 35.0 Å². The summed E-state index contributed by atoms with van der Waals surface area (Å²) >= 11 is 3.77. The third kappa shape index (κ3) is 4.14. The second kappa shape index (κ2) is 6.29. The molecule has 0 saturated heterocycles. The maximum atomic E-state index is 12.5. The SMILES string of the molecule is Cc1nc(Br)cc(Nc2ccccc2SC(F)F)n1.